The number of amides is 2. The van der Waals surface area contributed by atoms with Gasteiger partial charge in [-0.25, -0.2) is 4.98 Å². The van der Waals surface area contributed by atoms with Crippen molar-refractivity contribution in [2.24, 2.45) is 14.1 Å². The Labute approximate surface area is 196 Å². The number of hydrogen-bond acceptors (Lipinski definition) is 6. The molecule has 2 aromatic heterocycles. The first kappa shape index (κ1) is 25.4. The third-order valence-electron chi connectivity index (χ3n) is 4.45. The Hall–Kier alpha value is -2.85. The van der Waals surface area contributed by atoms with Crippen molar-refractivity contribution in [2.75, 3.05) is 18.5 Å². The lowest BCUT2D eigenvalue weighted by Crippen LogP contribution is -2.36. The van der Waals surface area contributed by atoms with E-state index in [0.717, 1.165) is 5.56 Å². The number of anilines is 1. The van der Waals surface area contributed by atoms with Crippen LogP contribution in [0.4, 0.5) is 5.82 Å². The zero-order valence-electron chi connectivity index (χ0n) is 19.1. The summed E-state index contributed by atoms with van der Waals surface area (Å²) in [5.41, 5.74) is 7.99. The maximum absolute atomic E-state index is 12.6. The predicted molar refractivity (Wildman–Crippen MR) is 135 cm³/mol. The van der Waals surface area contributed by atoms with Gasteiger partial charge in [0.2, 0.25) is 5.82 Å². The van der Waals surface area contributed by atoms with Crippen LogP contribution in [0.5, 0.6) is 0 Å². The van der Waals surface area contributed by atoms with Gasteiger partial charge in [0.15, 0.2) is 0 Å². The third kappa shape index (κ3) is 6.83. The molecule has 2 aromatic rings. The Morgan fingerprint density at radius 2 is 1.88 bits per heavy atom. The SMILES string of the molecule is C=C(/C=C\C(=C)c1cc(C(=O)NCC(C)(C)SSC)n(C)c1)NC(=O)c1nc(N)cn1C. The number of rotatable bonds is 10. The van der Waals surface area contributed by atoms with E-state index < -0.39 is 5.91 Å². The van der Waals surface area contributed by atoms with E-state index in [9.17, 15) is 9.59 Å². The third-order valence-corrected chi connectivity index (χ3v) is 7.07. The highest BCUT2D eigenvalue weighted by atomic mass is 33.1. The highest BCUT2D eigenvalue weighted by Crippen LogP contribution is 2.32. The largest absolute Gasteiger partial charge is 0.382 e. The molecule has 0 aliphatic carbocycles. The number of hydrogen-bond donors (Lipinski definition) is 3. The van der Waals surface area contributed by atoms with Crippen LogP contribution in [0.3, 0.4) is 0 Å². The molecule has 172 valence electrons. The Balaban J connectivity index is 1.99. The molecule has 10 heteroatoms. The van der Waals surface area contributed by atoms with E-state index in [1.807, 2.05) is 19.5 Å². The van der Waals surface area contributed by atoms with Crippen molar-refractivity contribution in [1.29, 1.82) is 0 Å². The average molecular weight is 475 g/mol. The van der Waals surface area contributed by atoms with Crippen molar-refractivity contribution in [3.05, 3.63) is 66.5 Å². The first-order valence-electron chi connectivity index (χ1n) is 9.76. The van der Waals surface area contributed by atoms with Gasteiger partial charge in [-0.05, 0) is 43.4 Å². The van der Waals surface area contributed by atoms with Gasteiger partial charge in [0.05, 0.1) is 0 Å². The van der Waals surface area contributed by atoms with Crippen molar-refractivity contribution in [1.82, 2.24) is 24.8 Å². The number of aromatic nitrogens is 3. The number of nitrogens with two attached hydrogens (primary N) is 1. The van der Waals surface area contributed by atoms with Crippen molar-refractivity contribution in [3.63, 3.8) is 0 Å². The molecule has 2 amide bonds. The fourth-order valence-electron chi connectivity index (χ4n) is 2.85. The monoisotopic (exact) mass is 474 g/mol. The lowest BCUT2D eigenvalue weighted by molar-refractivity contribution is 0.0938. The molecule has 0 radical (unpaired) electrons. The van der Waals surface area contributed by atoms with Gasteiger partial charge < -0.3 is 25.5 Å². The molecule has 0 aliphatic rings. The van der Waals surface area contributed by atoms with Crippen LogP contribution in [-0.2, 0) is 14.1 Å². The number of allylic oxidation sites excluding steroid dienone is 3. The van der Waals surface area contributed by atoms with Crippen molar-refractivity contribution in [2.45, 2.75) is 18.6 Å². The fraction of sp³-hybridized carbons (Fsp3) is 0.318. The normalized spacial score (nSPS) is 11.5. The summed E-state index contributed by atoms with van der Waals surface area (Å²) in [5, 5.41) is 5.65. The van der Waals surface area contributed by atoms with Crippen LogP contribution in [0.2, 0.25) is 0 Å². The van der Waals surface area contributed by atoms with Crippen LogP contribution in [-0.4, -0.2) is 43.5 Å². The molecule has 0 saturated carbocycles. The lowest BCUT2D eigenvalue weighted by atomic mass is 10.1. The summed E-state index contributed by atoms with van der Waals surface area (Å²) in [6, 6.07) is 1.79. The summed E-state index contributed by atoms with van der Waals surface area (Å²) >= 11 is 0. The van der Waals surface area contributed by atoms with E-state index in [-0.39, 0.29) is 22.3 Å². The molecule has 0 spiro atoms. The minimum absolute atomic E-state index is 0.0686. The molecular weight excluding hydrogens is 444 g/mol. The summed E-state index contributed by atoms with van der Waals surface area (Å²) in [6.45, 7) is 12.6. The molecule has 32 heavy (non-hydrogen) atoms. The maximum Gasteiger partial charge on any atom is 0.291 e. The first-order chi connectivity index (χ1) is 14.9. The molecule has 2 rings (SSSR count). The maximum atomic E-state index is 12.6. The molecule has 0 aliphatic heterocycles. The van der Waals surface area contributed by atoms with Gasteiger partial charge in [0.1, 0.15) is 11.5 Å². The van der Waals surface area contributed by atoms with Crippen molar-refractivity contribution < 1.29 is 9.59 Å². The molecule has 2 heterocycles. The number of carbonyl (C=O) groups excluding carboxylic acids is 2. The highest BCUT2D eigenvalue weighted by Gasteiger charge is 2.21. The number of imidazole rings is 1. The van der Waals surface area contributed by atoms with E-state index >= 15 is 0 Å². The standard InChI is InChI=1S/C22H30N6O2S2/c1-14(8-9-15(2)25-21(30)19-26-18(23)12-28(19)6)16-10-17(27(5)11-16)20(29)24-13-22(3,4)32-31-7/h8-12H,1-2,13,23H2,3-7H3,(H,24,29)(H,25,30)/b9-8-. The molecule has 0 aromatic carbocycles. The molecule has 8 nitrogen and oxygen atoms in total. The molecule has 0 unspecified atom stereocenters. The minimum Gasteiger partial charge on any atom is -0.382 e. The number of carbonyl (C=O) groups is 2. The van der Waals surface area contributed by atoms with Crippen LogP contribution >= 0.6 is 21.6 Å². The van der Waals surface area contributed by atoms with Gasteiger partial charge in [-0.1, -0.05) is 40.8 Å². The Bertz CT molecular complexity index is 1060. The second kappa shape index (κ2) is 10.6. The Morgan fingerprint density at radius 3 is 2.47 bits per heavy atom. The van der Waals surface area contributed by atoms with Gasteiger partial charge >= 0.3 is 0 Å². The van der Waals surface area contributed by atoms with Crippen molar-refractivity contribution >= 4 is 44.8 Å². The highest BCUT2D eigenvalue weighted by molar-refractivity contribution is 8.76. The van der Waals surface area contributed by atoms with Crippen LogP contribution in [0.1, 0.15) is 40.5 Å². The summed E-state index contributed by atoms with van der Waals surface area (Å²) in [5.74, 6) is -0.0987. The van der Waals surface area contributed by atoms with E-state index in [2.05, 4.69) is 42.6 Å². The molecule has 0 atom stereocenters. The predicted octanol–water partition coefficient (Wildman–Crippen LogP) is 3.37. The van der Waals surface area contributed by atoms with Gasteiger partial charge in [0, 0.05) is 43.5 Å². The molecule has 4 N–H and O–H groups in total. The van der Waals surface area contributed by atoms with E-state index in [1.165, 1.54) is 4.57 Å². The van der Waals surface area contributed by atoms with Crippen molar-refractivity contribution in [3.8, 4) is 0 Å². The molecular formula is C22H30N6O2S2. The van der Waals surface area contributed by atoms with Gasteiger partial charge in [-0.2, -0.15) is 0 Å². The number of aryl methyl sites for hydroxylation is 2. The summed E-state index contributed by atoms with van der Waals surface area (Å²) in [4.78, 5) is 28.9. The van der Waals surface area contributed by atoms with Crippen LogP contribution in [0, 0.1) is 0 Å². The number of nitrogen functional groups attached to an aromatic ring is 1. The van der Waals surface area contributed by atoms with Crippen LogP contribution in [0.15, 0.2) is 49.5 Å². The fourth-order valence-corrected chi connectivity index (χ4v) is 4.96. The number of nitrogens with zero attached hydrogens (tertiary/aromatic N) is 3. The zero-order chi connectivity index (χ0) is 24.1. The second-order valence-corrected chi connectivity index (χ2v) is 11.0. The second-order valence-electron chi connectivity index (χ2n) is 7.86. The zero-order valence-corrected chi connectivity index (χ0v) is 20.7. The van der Waals surface area contributed by atoms with Gasteiger partial charge in [-0.15, -0.1) is 0 Å². The van der Waals surface area contributed by atoms with Crippen LogP contribution in [0.25, 0.3) is 5.57 Å². The van der Waals surface area contributed by atoms with E-state index in [1.54, 1.807) is 57.6 Å². The summed E-state index contributed by atoms with van der Waals surface area (Å²) in [6.07, 6.45) is 8.78. The summed E-state index contributed by atoms with van der Waals surface area (Å²) in [7, 11) is 6.90. The van der Waals surface area contributed by atoms with Crippen LogP contribution < -0.4 is 16.4 Å². The minimum atomic E-state index is -0.411. The quantitative estimate of drug-likeness (QED) is 0.360. The lowest BCUT2D eigenvalue weighted by Gasteiger charge is -2.22. The summed E-state index contributed by atoms with van der Waals surface area (Å²) < 4.78 is 3.24. The molecule has 0 bridgehead atoms. The average Bonchev–Trinajstić information content (AvgIpc) is 3.26. The first-order valence-corrected chi connectivity index (χ1v) is 12.3. The van der Waals surface area contributed by atoms with E-state index in [4.69, 9.17) is 5.73 Å². The van der Waals surface area contributed by atoms with Gasteiger partial charge in [-0.3, -0.25) is 9.59 Å². The topological polar surface area (TPSA) is 107 Å². The van der Waals surface area contributed by atoms with Gasteiger partial charge in [0.25, 0.3) is 11.8 Å². The Morgan fingerprint density at radius 1 is 1.19 bits per heavy atom. The Kier molecular flexibility index (Phi) is 8.45. The smallest absolute Gasteiger partial charge is 0.291 e. The molecule has 0 saturated heterocycles. The molecule has 0 fully saturated rings. The van der Waals surface area contributed by atoms with E-state index in [0.29, 0.717) is 23.5 Å². The number of nitrogens with one attached hydrogen (secondary N) is 2.